The molecule has 5 N–H and O–H groups in total. The molecule has 0 saturated carbocycles. The highest BCUT2D eigenvalue weighted by Gasteiger charge is 2.69. The molecule has 1 saturated heterocycles. The Morgan fingerprint density at radius 1 is 1.04 bits per heavy atom. The van der Waals surface area contributed by atoms with Crippen LogP contribution in [-0.2, 0) is 38.1 Å². The van der Waals surface area contributed by atoms with Crippen LogP contribution in [0.2, 0.25) is 0 Å². The lowest BCUT2D eigenvalue weighted by Gasteiger charge is -2.60. The maximum atomic E-state index is 14.5. The maximum absolute atomic E-state index is 14.5. The number of aliphatic hydroxyl groups is 4. The van der Waals surface area contributed by atoms with Gasteiger partial charge < -0.3 is 49.4 Å². The van der Waals surface area contributed by atoms with E-state index < -0.39 is 107 Å². The number of benzene rings is 1. The first-order valence-corrected chi connectivity index (χ1v) is 18.9. The summed E-state index contributed by atoms with van der Waals surface area (Å²) in [6.07, 6.45) is -7.44. The summed E-state index contributed by atoms with van der Waals surface area (Å²) in [5, 5.41) is 48.9. The number of hydrogen-bond donors (Lipinski definition) is 5. The lowest BCUT2D eigenvalue weighted by molar-refractivity contribution is -0.295. The van der Waals surface area contributed by atoms with E-state index in [2.05, 4.69) is 5.32 Å². The summed E-state index contributed by atoms with van der Waals surface area (Å²) in [6.45, 7) is 15.0. The normalized spacial score (nSPS) is 29.9. The van der Waals surface area contributed by atoms with Gasteiger partial charge in [-0.15, -0.1) is 0 Å². The highest BCUT2D eigenvalue weighted by atomic mass is 16.6. The van der Waals surface area contributed by atoms with Crippen LogP contribution in [0.25, 0.3) is 0 Å². The Morgan fingerprint density at radius 3 is 2.18 bits per heavy atom. The molecule has 15 heteroatoms. The molecule has 0 spiro atoms. The third kappa shape index (κ3) is 8.65. The molecule has 2 bridgehead atoms. The van der Waals surface area contributed by atoms with Gasteiger partial charge >= 0.3 is 24.0 Å². The first-order valence-electron chi connectivity index (χ1n) is 18.9. The van der Waals surface area contributed by atoms with Crippen LogP contribution in [0.15, 0.2) is 52.8 Å². The van der Waals surface area contributed by atoms with Gasteiger partial charge in [0, 0.05) is 37.4 Å². The van der Waals surface area contributed by atoms with E-state index in [-0.39, 0.29) is 47.6 Å². The molecule has 0 aromatic heterocycles. The van der Waals surface area contributed by atoms with Crippen LogP contribution in [0, 0.1) is 17.3 Å². The number of amides is 1. The van der Waals surface area contributed by atoms with Crippen molar-refractivity contribution in [3.63, 3.8) is 0 Å². The standard InChI is InChI=1S/C41H57NO14/c1-21(2)18-26(42-37(50)56-38(6,7)8)32(46)36(49)53-27-19-41(51)34(54-35(48)25-14-12-11-13-15-25)30(40(55-24(5)44)20-52-28(40)16-17-43)23(4)31(45)33(47)29(22(27)3)39(41,9)10/h11-15,21,26-28,30,32,34,43,45-46,51H,16-20H2,1-10H3,(H,42,50)/b31-23+/t26-,27-,28+,30+,32+,34-,40-,41+/m0/s1. The van der Waals surface area contributed by atoms with Gasteiger partial charge in [0.15, 0.2) is 17.5 Å². The van der Waals surface area contributed by atoms with Gasteiger partial charge in [-0.1, -0.05) is 45.9 Å². The number of ketones is 1. The Hall–Kier alpha value is -4.31. The van der Waals surface area contributed by atoms with E-state index in [9.17, 15) is 44.4 Å². The van der Waals surface area contributed by atoms with Crippen LogP contribution < -0.4 is 5.32 Å². The number of ether oxygens (including phenoxy) is 5. The average Bonchev–Trinajstić information content (AvgIpc) is 3.09. The number of aliphatic hydroxyl groups excluding tert-OH is 3. The number of fused-ring (bicyclic) bond motifs is 2. The van der Waals surface area contributed by atoms with Crippen molar-refractivity contribution < 1.29 is 68.1 Å². The number of nitrogens with one attached hydrogen (secondary N) is 1. The van der Waals surface area contributed by atoms with Crippen LogP contribution in [-0.4, -0.2) is 111 Å². The second kappa shape index (κ2) is 16.7. The van der Waals surface area contributed by atoms with E-state index in [1.807, 2.05) is 13.8 Å². The molecule has 0 unspecified atom stereocenters. The summed E-state index contributed by atoms with van der Waals surface area (Å²) in [7, 11) is 0. The summed E-state index contributed by atoms with van der Waals surface area (Å²) < 4.78 is 29.2. The zero-order valence-corrected chi connectivity index (χ0v) is 33.8. The van der Waals surface area contributed by atoms with E-state index in [4.69, 9.17) is 23.7 Å². The minimum Gasteiger partial charge on any atom is -0.504 e. The van der Waals surface area contributed by atoms with Gasteiger partial charge in [0.05, 0.1) is 24.1 Å². The third-order valence-corrected chi connectivity index (χ3v) is 11.0. The molecule has 8 atom stereocenters. The summed E-state index contributed by atoms with van der Waals surface area (Å²) in [5.41, 5.74) is -6.61. The second-order valence-corrected chi connectivity index (χ2v) is 17.0. The number of allylic oxidation sites excluding steroid dienone is 1. The van der Waals surface area contributed by atoms with Gasteiger partial charge in [0.2, 0.25) is 5.78 Å². The summed E-state index contributed by atoms with van der Waals surface area (Å²) in [6, 6.07) is 6.71. The van der Waals surface area contributed by atoms with Gasteiger partial charge in [0.25, 0.3) is 0 Å². The molecule has 2 aliphatic carbocycles. The van der Waals surface area contributed by atoms with Crippen molar-refractivity contribution in [2.45, 2.75) is 136 Å². The number of alkyl carbamates (subject to hydrolysis) is 1. The van der Waals surface area contributed by atoms with Gasteiger partial charge in [-0.05, 0) is 70.2 Å². The Kier molecular flexibility index (Phi) is 13.2. The molecule has 310 valence electrons. The molecule has 1 aliphatic heterocycles. The molecule has 0 radical (unpaired) electrons. The Morgan fingerprint density at radius 2 is 1.66 bits per heavy atom. The van der Waals surface area contributed by atoms with Gasteiger partial charge in [-0.25, -0.2) is 14.4 Å². The first-order chi connectivity index (χ1) is 25.9. The van der Waals surface area contributed by atoms with Gasteiger partial charge in [-0.2, -0.15) is 0 Å². The van der Waals surface area contributed by atoms with Crippen LogP contribution in [0.4, 0.5) is 4.79 Å². The molecule has 1 aromatic rings. The maximum Gasteiger partial charge on any atom is 0.407 e. The van der Waals surface area contributed by atoms with Crippen molar-refractivity contribution in [3.05, 3.63) is 58.4 Å². The summed E-state index contributed by atoms with van der Waals surface area (Å²) in [5.74, 6) is -6.15. The zero-order valence-electron chi connectivity index (χ0n) is 33.8. The highest BCUT2D eigenvalue weighted by Crippen LogP contribution is 2.58. The molecule has 56 heavy (non-hydrogen) atoms. The van der Waals surface area contributed by atoms with Crippen molar-refractivity contribution in [3.8, 4) is 0 Å². The van der Waals surface area contributed by atoms with E-state index in [1.54, 1.807) is 39.0 Å². The molecular formula is C41H57NO14. The van der Waals surface area contributed by atoms with E-state index in [1.165, 1.54) is 39.8 Å². The molecule has 1 fully saturated rings. The number of esters is 3. The van der Waals surface area contributed by atoms with Crippen LogP contribution in [0.3, 0.4) is 0 Å². The van der Waals surface area contributed by atoms with Crippen LogP contribution in [0.5, 0.6) is 0 Å². The zero-order chi connectivity index (χ0) is 42.1. The largest absolute Gasteiger partial charge is 0.504 e. The quantitative estimate of drug-likeness (QED) is 0.149. The summed E-state index contributed by atoms with van der Waals surface area (Å²) >= 11 is 0. The van der Waals surface area contributed by atoms with Crippen LogP contribution >= 0.6 is 0 Å². The number of Topliss-reactive ketones (excluding diaryl/α,β-unsaturated/α-hetero) is 1. The molecule has 3 aliphatic rings. The van der Waals surface area contributed by atoms with Crippen molar-refractivity contribution >= 4 is 29.8 Å². The molecule has 15 nitrogen and oxygen atoms in total. The minimum absolute atomic E-state index is 0.0653. The van der Waals surface area contributed by atoms with Crippen molar-refractivity contribution in [1.82, 2.24) is 5.32 Å². The topological polar surface area (TPSA) is 224 Å². The lowest BCUT2D eigenvalue weighted by atomic mass is 9.53. The molecular weight excluding hydrogens is 730 g/mol. The second-order valence-electron chi connectivity index (χ2n) is 17.0. The van der Waals surface area contributed by atoms with Crippen molar-refractivity contribution in [2.75, 3.05) is 13.2 Å². The molecule has 1 aromatic carbocycles. The molecule has 4 rings (SSSR count). The summed E-state index contributed by atoms with van der Waals surface area (Å²) in [4.78, 5) is 67.8. The Bertz CT molecular complexity index is 1740. The number of rotatable bonds is 12. The number of carbonyl (C=O) groups is 5. The smallest absolute Gasteiger partial charge is 0.407 e. The van der Waals surface area contributed by atoms with Gasteiger partial charge in [0.1, 0.15) is 29.5 Å². The predicted octanol–water partition coefficient (Wildman–Crippen LogP) is 4.02. The van der Waals surface area contributed by atoms with Crippen molar-refractivity contribution in [2.24, 2.45) is 17.3 Å². The fraction of sp³-hybridized carbons (Fsp3) is 0.634. The lowest BCUT2D eigenvalue weighted by Crippen LogP contribution is -2.73. The monoisotopic (exact) mass is 787 g/mol. The van der Waals surface area contributed by atoms with E-state index >= 15 is 0 Å². The Labute approximate surface area is 327 Å². The van der Waals surface area contributed by atoms with Gasteiger partial charge in [-0.3, -0.25) is 9.59 Å². The number of carbonyl (C=O) groups excluding carboxylic acids is 5. The van der Waals surface area contributed by atoms with E-state index in [0.29, 0.717) is 0 Å². The SMILES string of the molecule is CC(=O)O[C@@]1([C@@H]2/C(C)=C(/O)C(=O)C3=C(C)[C@@H](OC(=O)[C@H](O)[C@H](CC(C)C)NC(=O)OC(C)(C)C)C[C@@](O)([C@H]2OC(=O)c2ccccc2)C3(C)C)CO[C@@H]1CCO. The third-order valence-electron chi connectivity index (χ3n) is 11.0. The average molecular weight is 788 g/mol. The molecule has 1 heterocycles. The van der Waals surface area contributed by atoms with Crippen molar-refractivity contribution in [1.29, 1.82) is 0 Å². The van der Waals surface area contributed by atoms with Crippen LogP contribution in [0.1, 0.15) is 98.9 Å². The highest BCUT2D eigenvalue weighted by molar-refractivity contribution is 6.09. The van der Waals surface area contributed by atoms with E-state index in [0.717, 1.165) is 6.92 Å². The Balaban J connectivity index is 1.90. The fourth-order valence-corrected chi connectivity index (χ4v) is 8.25. The minimum atomic E-state index is -2.33. The first kappa shape index (κ1) is 44.4. The number of hydrogen-bond acceptors (Lipinski definition) is 14. The fourth-order valence-electron chi connectivity index (χ4n) is 8.25. The molecule has 1 amide bonds. The predicted molar refractivity (Wildman–Crippen MR) is 200 cm³/mol.